The minimum atomic E-state index is -0.549. The molecule has 11 heteroatoms. The number of ether oxygens (including phenoxy) is 2. The molecule has 1 N–H and O–H groups in total. The van der Waals surface area contributed by atoms with Crippen LogP contribution in [0.15, 0.2) is 42.9 Å². The number of carbonyl (C=O) groups is 1. The number of likely N-dealkylation sites (tertiary alicyclic amines) is 1. The molecule has 2 aromatic heterocycles. The molecule has 1 aliphatic rings. The van der Waals surface area contributed by atoms with Gasteiger partial charge in [0.2, 0.25) is 0 Å². The fraction of sp³-hybridized carbons (Fsp3) is 0.375. The standard InChI is InChI=1S/C24H26AsFN6O3/c1-24(2,3)35-23(33)32-12-4-5-16(14-32)30-22-29-9-8-18(31-22)20-21(28-11-10-27-20)34-19-7-6-15(25)13-17(19)26/h6-11,13,16H,4-5,12,14H2,1-3H3,(H,29,30,31)/t16-/m0/s1. The summed E-state index contributed by atoms with van der Waals surface area (Å²) in [6, 6.07) is 6.27. The van der Waals surface area contributed by atoms with E-state index in [1.807, 2.05) is 20.8 Å². The Hall–Kier alpha value is -3.26. The van der Waals surface area contributed by atoms with Crippen LogP contribution in [0, 0.1) is 5.82 Å². The third kappa shape index (κ3) is 6.66. The first-order valence-electron chi connectivity index (χ1n) is 11.2. The van der Waals surface area contributed by atoms with Gasteiger partial charge in [-0.3, -0.25) is 0 Å². The molecule has 3 heterocycles. The monoisotopic (exact) mass is 540 g/mol. The van der Waals surface area contributed by atoms with Gasteiger partial charge in [0.15, 0.2) is 0 Å². The molecule has 0 saturated carbocycles. The Balaban J connectivity index is 1.49. The van der Waals surface area contributed by atoms with E-state index in [1.165, 1.54) is 24.5 Å². The maximum Gasteiger partial charge on any atom is 0.0442 e. The SMILES string of the molecule is CC(C)(C)OC(=O)N1CCC[C@H](Nc2nccc(-c3nccnc3Oc3ccc([As])cc3F)n2)C1. The predicted molar refractivity (Wildman–Crippen MR) is 129 cm³/mol. The molecule has 1 fully saturated rings. The summed E-state index contributed by atoms with van der Waals surface area (Å²) in [4.78, 5) is 31.6. The topological polar surface area (TPSA) is 102 Å². The number of amides is 1. The number of halogens is 1. The van der Waals surface area contributed by atoms with Crippen LogP contribution in [0.4, 0.5) is 15.1 Å². The van der Waals surface area contributed by atoms with Gasteiger partial charge >= 0.3 is 145 Å². The van der Waals surface area contributed by atoms with Crippen LogP contribution in [0.1, 0.15) is 33.6 Å². The Bertz CT molecular complexity index is 1210. The van der Waals surface area contributed by atoms with Crippen molar-refractivity contribution in [3.05, 3.63) is 48.7 Å². The van der Waals surface area contributed by atoms with E-state index in [0.717, 1.165) is 17.2 Å². The van der Waals surface area contributed by atoms with Gasteiger partial charge in [-0.1, -0.05) is 0 Å². The summed E-state index contributed by atoms with van der Waals surface area (Å²) in [6.45, 7) is 6.67. The van der Waals surface area contributed by atoms with Crippen LogP contribution in [0.25, 0.3) is 11.4 Å². The van der Waals surface area contributed by atoms with Crippen molar-refractivity contribution in [3.8, 4) is 23.0 Å². The normalized spacial score (nSPS) is 16.0. The van der Waals surface area contributed by atoms with Crippen molar-refractivity contribution < 1.29 is 18.7 Å². The van der Waals surface area contributed by atoms with Crippen molar-refractivity contribution in [1.82, 2.24) is 24.8 Å². The second-order valence-electron chi connectivity index (χ2n) is 9.10. The van der Waals surface area contributed by atoms with Gasteiger partial charge in [0, 0.05) is 13.1 Å². The van der Waals surface area contributed by atoms with Crippen LogP contribution in [-0.2, 0) is 4.74 Å². The zero-order valence-electron chi connectivity index (χ0n) is 19.7. The van der Waals surface area contributed by atoms with Crippen LogP contribution in [-0.4, -0.2) is 72.5 Å². The number of hydrogen-bond acceptors (Lipinski definition) is 8. The summed E-state index contributed by atoms with van der Waals surface area (Å²) in [5, 5.41) is 3.30. The molecule has 0 bridgehead atoms. The van der Waals surface area contributed by atoms with Gasteiger partial charge < -0.3 is 9.64 Å². The Morgan fingerprint density at radius 2 is 1.97 bits per heavy atom. The Morgan fingerprint density at radius 1 is 1.17 bits per heavy atom. The van der Waals surface area contributed by atoms with E-state index in [9.17, 15) is 9.18 Å². The molecule has 0 unspecified atom stereocenters. The third-order valence-electron chi connectivity index (χ3n) is 5.09. The summed E-state index contributed by atoms with van der Waals surface area (Å²) in [5.74, 6) is 0.0487. The Labute approximate surface area is 212 Å². The minimum Gasteiger partial charge on any atom is 0.0442 e. The van der Waals surface area contributed by atoms with E-state index in [1.54, 1.807) is 23.2 Å². The van der Waals surface area contributed by atoms with E-state index in [4.69, 9.17) is 9.47 Å². The number of hydrogen-bond donors (Lipinski definition) is 1. The molecule has 4 rings (SSSR count). The van der Waals surface area contributed by atoms with Gasteiger partial charge in [-0.05, 0) is 33.6 Å². The fourth-order valence-corrected chi connectivity index (χ4v) is 3.98. The molecular weight excluding hydrogens is 514 g/mol. The number of benzene rings is 1. The molecule has 1 saturated heterocycles. The summed E-state index contributed by atoms with van der Waals surface area (Å²) in [6.07, 6.45) is 5.94. The number of aromatic nitrogens is 4. The number of rotatable bonds is 5. The van der Waals surface area contributed by atoms with Crippen molar-refractivity contribution in [2.75, 3.05) is 18.4 Å². The molecule has 9 nitrogen and oxygen atoms in total. The van der Waals surface area contributed by atoms with Crippen molar-refractivity contribution in [1.29, 1.82) is 0 Å². The largest absolute Gasteiger partial charge is 0.0442 e. The van der Waals surface area contributed by atoms with Crippen LogP contribution < -0.4 is 14.4 Å². The van der Waals surface area contributed by atoms with E-state index in [2.05, 4.69) is 42.1 Å². The summed E-state index contributed by atoms with van der Waals surface area (Å²) >= 11 is 2.28. The van der Waals surface area contributed by atoms with Crippen molar-refractivity contribution in [2.45, 2.75) is 45.3 Å². The molecular formula is C24H26AsFN6O3. The smallest absolute Gasteiger partial charge is 0.0442 e. The number of nitrogens with one attached hydrogen (secondary N) is 1. The van der Waals surface area contributed by atoms with Crippen LogP contribution in [0.5, 0.6) is 11.6 Å². The summed E-state index contributed by atoms with van der Waals surface area (Å²) in [7, 11) is 0. The predicted octanol–water partition coefficient (Wildman–Crippen LogP) is 3.47. The first-order chi connectivity index (χ1) is 16.7. The third-order valence-corrected chi connectivity index (χ3v) is 5.67. The maximum atomic E-state index is 14.3. The van der Waals surface area contributed by atoms with Gasteiger partial charge in [-0.2, -0.15) is 0 Å². The van der Waals surface area contributed by atoms with Gasteiger partial charge in [-0.15, -0.1) is 0 Å². The number of piperidine rings is 1. The molecule has 1 atom stereocenters. The average molecular weight is 540 g/mol. The Morgan fingerprint density at radius 3 is 2.74 bits per heavy atom. The second kappa shape index (κ2) is 10.6. The second-order valence-corrected chi connectivity index (χ2v) is 10.2. The number of anilines is 1. The molecule has 1 amide bonds. The maximum absolute atomic E-state index is 14.3. The van der Waals surface area contributed by atoms with Crippen molar-refractivity contribution >= 4 is 33.2 Å². The number of nitrogens with zero attached hydrogens (tertiary/aromatic N) is 5. The van der Waals surface area contributed by atoms with Crippen molar-refractivity contribution in [2.24, 2.45) is 0 Å². The van der Waals surface area contributed by atoms with Crippen LogP contribution >= 0.6 is 0 Å². The molecule has 1 aromatic carbocycles. The van der Waals surface area contributed by atoms with Gasteiger partial charge in [0.25, 0.3) is 0 Å². The quantitative estimate of drug-likeness (QED) is 0.491. The summed E-state index contributed by atoms with van der Waals surface area (Å²) in [5.41, 5.74) is 0.272. The van der Waals surface area contributed by atoms with E-state index >= 15 is 0 Å². The molecule has 0 spiro atoms. The van der Waals surface area contributed by atoms with Crippen LogP contribution in [0.2, 0.25) is 0 Å². The van der Waals surface area contributed by atoms with E-state index in [-0.39, 0.29) is 23.8 Å². The molecule has 2 radical (unpaired) electrons. The first-order valence-corrected chi connectivity index (χ1v) is 12.2. The first kappa shape index (κ1) is 24.9. The molecule has 182 valence electrons. The minimum absolute atomic E-state index is 0.0378. The molecule has 1 aliphatic heterocycles. The molecule has 3 aromatic rings. The van der Waals surface area contributed by atoms with E-state index < -0.39 is 11.4 Å². The van der Waals surface area contributed by atoms with E-state index in [0.29, 0.717) is 30.4 Å². The van der Waals surface area contributed by atoms with Gasteiger partial charge in [0.1, 0.15) is 5.60 Å². The zero-order chi connectivity index (χ0) is 25.0. The molecule has 35 heavy (non-hydrogen) atoms. The summed E-state index contributed by atoms with van der Waals surface area (Å²) < 4.78 is 26.3. The van der Waals surface area contributed by atoms with Crippen LogP contribution in [0.3, 0.4) is 0 Å². The van der Waals surface area contributed by atoms with Gasteiger partial charge in [0.05, 0.1) is 0 Å². The zero-order valence-corrected chi connectivity index (χ0v) is 21.6. The molecule has 0 aliphatic carbocycles. The fourth-order valence-electron chi connectivity index (χ4n) is 3.58. The average Bonchev–Trinajstić information content (AvgIpc) is 2.80. The van der Waals surface area contributed by atoms with Gasteiger partial charge in [-0.25, -0.2) is 4.79 Å². The van der Waals surface area contributed by atoms with Crippen molar-refractivity contribution in [3.63, 3.8) is 0 Å². The number of carbonyl (C=O) groups excluding carboxylic acids is 1. The Kier molecular flexibility index (Phi) is 7.50.